The van der Waals surface area contributed by atoms with E-state index in [9.17, 15) is 19.6 Å². The van der Waals surface area contributed by atoms with Gasteiger partial charge in [0.2, 0.25) is 18.2 Å². The molecule has 1 saturated carbocycles. The number of hydrogen-bond acceptors (Lipinski definition) is 4. The molecule has 1 unspecified atom stereocenters. The van der Waals surface area contributed by atoms with Crippen molar-refractivity contribution in [2.45, 2.75) is 91.1 Å². The quantitative estimate of drug-likeness (QED) is 0.307. The lowest BCUT2D eigenvalue weighted by molar-refractivity contribution is -0.155. The molecule has 1 fully saturated rings. The topological polar surface area (TPSA) is 98.7 Å². The second-order valence-corrected chi connectivity index (χ2v) is 8.72. The lowest BCUT2D eigenvalue weighted by Crippen LogP contribution is -2.57. The highest BCUT2D eigenvalue weighted by Gasteiger charge is 2.35. The normalized spacial score (nSPS) is 17.7. The molecule has 2 atom stereocenters. The largest absolute Gasteiger partial charge is 0.352 e. The van der Waals surface area contributed by atoms with Crippen LogP contribution in [-0.2, 0) is 14.4 Å². The first kappa shape index (κ1) is 23.4. The van der Waals surface area contributed by atoms with Crippen molar-refractivity contribution in [2.75, 3.05) is 6.54 Å². The van der Waals surface area contributed by atoms with Gasteiger partial charge in [-0.25, -0.2) is 5.06 Å². The van der Waals surface area contributed by atoms with E-state index >= 15 is 0 Å². The van der Waals surface area contributed by atoms with Gasteiger partial charge in [-0.2, -0.15) is 0 Å². The predicted molar refractivity (Wildman–Crippen MR) is 104 cm³/mol. The maximum absolute atomic E-state index is 12.9. The van der Waals surface area contributed by atoms with Crippen LogP contribution >= 0.6 is 0 Å². The number of hydrogen-bond donors (Lipinski definition) is 3. The van der Waals surface area contributed by atoms with Gasteiger partial charge in [-0.15, -0.1) is 0 Å². The molecule has 7 heteroatoms. The predicted octanol–water partition coefficient (Wildman–Crippen LogP) is 2.62. The summed E-state index contributed by atoms with van der Waals surface area (Å²) in [7, 11) is 0. The first-order valence-electron chi connectivity index (χ1n) is 10.2. The molecule has 0 spiro atoms. The molecular formula is C20H37N3O4. The van der Waals surface area contributed by atoms with Crippen LogP contribution in [0.4, 0.5) is 0 Å². The van der Waals surface area contributed by atoms with E-state index < -0.39 is 17.4 Å². The maximum atomic E-state index is 12.9. The minimum Gasteiger partial charge on any atom is -0.352 e. The summed E-state index contributed by atoms with van der Waals surface area (Å²) in [6, 6.07) is -0.494. The van der Waals surface area contributed by atoms with Crippen molar-refractivity contribution in [1.29, 1.82) is 0 Å². The van der Waals surface area contributed by atoms with Crippen LogP contribution in [0.5, 0.6) is 0 Å². The Morgan fingerprint density at radius 3 is 2.33 bits per heavy atom. The molecule has 3 N–H and O–H groups in total. The minimum atomic E-state index is -0.667. The molecule has 1 aliphatic carbocycles. The maximum Gasteiger partial charge on any atom is 0.243 e. The highest BCUT2D eigenvalue weighted by molar-refractivity contribution is 5.89. The van der Waals surface area contributed by atoms with Crippen molar-refractivity contribution in [1.82, 2.24) is 15.7 Å². The summed E-state index contributed by atoms with van der Waals surface area (Å²) in [5, 5.41) is 16.0. The molecule has 1 aliphatic rings. The highest BCUT2D eigenvalue weighted by Crippen LogP contribution is 2.23. The Hall–Kier alpha value is -1.63. The van der Waals surface area contributed by atoms with E-state index in [0.717, 1.165) is 38.5 Å². The molecule has 0 aromatic heterocycles. The van der Waals surface area contributed by atoms with E-state index in [1.165, 1.54) is 6.42 Å². The highest BCUT2D eigenvalue weighted by atomic mass is 16.5. The van der Waals surface area contributed by atoms with Crippen LogP contribution in [0.15, 0.2) is 0 Å². The van der Waals surface area contributed by atoms with Crippen molar-refractivity contribution in [3.8, 4) is 0 Å². The van der Waals surface area contributed by atoms with Gasteiger partial charge in [0, 0.05) is 6.04 Å². The smallest absolute Gasteiger partial charge is 0.243 e. The third kappa shape index (κ3) is 8.28. The molecule has 0 saturated heterocycles. The molecule has 1 rings (SSSR count). The van der Waals surface area contributed by atoms with Crippen molar-refractivity contribution in [3.05, 3.63) is 0 Å². The van der Waals surface area contributed by atoms with Crippen molar-refractivity contribution in [3.63, 3.8) is 0 Å². The van der Waals surface area contributed by atoms with Crippen molar-refractivity contribution in [2.24, 2.45) is 11.3 Å². The number of nitrogens with one attached hydrogen (secondary N) is 2. The van der Waals surface area contributed by atoms with Gasteiger partial charge in [-0.3, -0.25) is 19.6 Å². The summed E-state index contributed by atoms with van der Waals surface area (Å²) in [6.45, 7) is 7.70. The van der Waals surface area contributed by atoms with E-state index in [0.29, 0.717) is 17.9 Å². The van der Waals surface area contributed by atoms with Gasteiger partial charge in [0.15, 0.2) is 0 Å². The van der Waals surface area contributed by atoms with Gasteiger partial charge >= 0.3 is 0 Å². The zero-order chi connectivity index (χ0) is 20.4. The van der Waals surface area contributed by atoms with Crippen LogP contribution < -0.4 is 10.6 Å². The van der Waals surface area contributed by atoms with Crippen molar-refractivity contribution < 1.29 is 19.6 Å². The average Bonchev–Trinajstić information content (AvgIpc) is 2.62. The fourth-order valence-electron chi connectivity index (χ4n) is 3.49. The summed E-state index contributed by atoms with van der Waals surface area (Å²) >= 11 is 0. The third-order valence-electron chi connectivity index (χ3n) is 5.17. The summed E-state index contributed by atoms with van der Waals surface area (Å²) < 4.78 is 0. The molecule has 0 radical (unpaired) electrons. The molecule has 0 heterocycles. The van der Waals surface area contributed by atoms with Crippen LogP contribution in [0.1, 0.15) is 79.1 Å². The monoisotopic (exact) mass is 383 g/mol. The van der Waals surface area contributed by atoms with Crippen LogP contribution in [-0.4, -0.2) is 47.1 Å². The van der Waals surface area contributed by atoms with E-state index in [1.54, 1.807) is 0 Å². The van der Waals surface area contributed by atoms with Gasteiger partial charge in [0.25, 0.3) is 0 Å². The Morgan fingerprint density at radius 1 is 1.19 bits per heavy atom. The zero-order valence-corrected chi connectivity index (χ0v) is 17.3. The Kier molecular flexibility index (Phi) is 9.77. The SMILES string of the molecule is CCCCC(CN(O)C=O)C(=O)N[C@H](C(=O)NC1CCCCC1)C(C)(C)C. The number of unbranched alkanes of at least 4 members (excludes halogenated alkanes) is 1. The molecule has 3 amide bonds. The van der Waals surface area contributed by atoms with E-state index in [2.05, 4.69) is 10.6 Å². The van der Waals surface area contributed by atoms with Crippen LogP contribution in [0.3, 0.4) is 0 Å². The lowest BCUT2D eigenvalue weighted by Gasteiger charge is -2.34. The van der Waals surface area contributed by atoms with Gasteiger partial charge in [0.1, 0.15) is 6.04 Å². The van der Waals surface area contributed by atoms with E-state index in [1.807, 2.05) is 27.7 Å². The molecule has 7 nitrogen and oxygen atoms in total. The van der Waals surface area contributed by atoms with Gasteiger partial charge in [-0.05, 0) is 24.7 Å². The molecule has 0 aromatic rings. The Morgan fingerprint density at radius 2 is 1.81 bits per heavy atom. The number of hydroxylamine groups is 2. The summed E-state index contributed by atoms with van der Waals surface area (Å²) in [6.07, 6.45) is 7.96. The summed E-state index contributed by atoms with van der Waals surface area (Å²) in [5.74, 6) is -1.01. The fourth-order valence-corrected chi connectivity index (χ4v) is 3.49. The average molecular weight is 384 g/mol. The summed E-state index contributed by atoms with van der Waals surface area (Å²) in [4.78, 5) is 36.4. The van der Waals surface area contributed by atoms with E-state index in [-0.39, 0.29) is 24.4 Å². The second kappa shape index (κ2) is 11.3. The first-order valence-corrected chi connectivity index (χ1v) is 10.2. The Bertz CT molecular complexity index is 484. The molecule has 0 aliphatic heterocycles. The lowest BCUT2D eigenvalue weighted by atomic mass is 9.85. The van der Waals surface area contributed by atoms with Gasteiger partial charge in [-0.1, -0.05) is 59.8 Å². The molecular weight excluding hydrogens is 346 g/mol. The van der Waals surface area contributed by atoms with E-state index in [4.69, 9.17) is 0 Å². The molecule has 27 heavy (non-hydrogen) atoms. The standard InChI is InChI=1S/C20H37N3O4/c1-5-6-10-15(13-23(27)14-24)18(25)22-17(20(2,3)4)19(26)21-16-11-8-7-9-12-16/h14-17,27H,5-13H2,1-4H3,(H,21,26)(H,22,25)/t15?,17-/m1/s1. The third-order valence-corrected chi connectivity index (χ3v) is 5.17. The molecule has 156 valence electrons. The number of carbonyl (C=O) groups excluding carboxylic acids is 3. The Balaban J connectivity index is 2.80. The zero-order valence-electron chi connectivity index (χ0n) is 17.3. The number of amides is 3. The molecule has 0 aromatic carbocycles. The van der Waals surface area contributed by atoms with Crippen LogP contribution in [0.25, 0.3) is 0 Å². The number of carbonyl (C=O) groups is 3. The summed E-state index contributed by atoms with van der Waals surface area (Å²) in [5.41, 5.74) is -0.451. The van der Waals surface area contributed by atoms with Crippen LogP contribution in [0, 0.1) is 11.3 Å². The van der Waals surface area contributed by atoms with Crippen molar-refractivity contribution >= 4 is 18.2 Å². The second-order valence-electron chi connectivity index (χ2n) is 8.72. The van der Waals surface area contributed by atoms with Gasteiger partial charge < -0.3 is 10.6 Å². The number of nitrogens with zero attached hydrogens (tertiary/aromatic N) is 1. The molecule has 0 bridgehead atoms. The van der Waals surface area contributed by atoms with Crippen LogP contribution in [0.2, 0.25) is 0 Å². The first-order chi connectivity index (χ1) is 12.7. The fraction of sp³-hybridized carbons (Fsp3) is 0.850. The Labute approximate surface area is 163 Å². The number of rotatable bonds is 10. The van der Waals surface area contributed by atoms with Gasteiger partial charge in [0.05, 0.1) is 12.5 Å². The minimum absolute atomic E-state index is 0.0730.